The van der Waals surface area contributed by atoms with Crippen molar-refractivity contribution in [3.8, 4) is 0 Å². The Kier molecular flexibility index (Phi) is 5.22. The fourth-order valence-electron chi connectivity index (χ4n) is 5.53. The summed E-state index contributed by atoms with van der Waals surface area (Å²) in [5.41, 5.74) is -5.31. The summed E-state index contributed by atoms with van der Waals surface area (Å²) in [7, 11) is -5.76. The third kappa shape index (κ3) is 3.99. The Hall–Kier alpha value is -1.04. The minimum atomic E-state index is -6.28. The van der Waals surface area contributed by atoms with E-state index in [1.165, 1.54) is 0 Å². The number of halogens is 6. The van der Waals surface area contributed by atoms with Gasteiger partial charge in [0.1, 0.15) is 5.75 Å². The Labute approximate surface area is 157 Å². The van der Waals surface area contributed by atoms with Gasteiger partial charge in [0.05, 0.1) is 0 Å². The largest absolute Gasteiger partial charge is 0.438 e. The van der Waals surface area contributed by atoms with E-state index in [2.05, 4.69) is 4.74 Å². The summed E-state index contributed by atoms with van der Waals surface area (Å²) in [6.07, 6.45) is -8.95. The highest BCUT2D eigenvalue weighted by atomic mass is 32.2. The van der Waals surface area contributed by atoms with E-state index in [9.17, 15) is 39.6 Å². The fraction of sp³-hybridized carbons (Fsp3) is 0.938. The molecule has 0 aromatic carbocycles. The van der Waals surface area contributed by atoms with Crippen molar-refractivity contribution in [2.75, 3.05) is 5.75 Å². The van der Waals surface area contributed by atoms with Gasteiger partial charge in [-0.1, -0.05) is 0 Å². The predicted molar refractivity (Wildman–Crippen MR) is 82.5 cm³/mol. The SMILES string of the molecule is O=C(CC1C2CC3CC(C2)CC1C3)OC(CS(=O)(=O)O)(C(F)(F)F)C(F)(F)F. The molecule has 4 aliphatic carbocycles. The maximum atomic E-state index is 13.3. The van der Waals surface area contributed by atoms with Crippen LogP contribution < -0.4 is 0 Å². The van der Waals surface area contributed by atoms with Gasteiger partial charge in [0.25, 0.3) is 10.1 Å². The molecule has 4 rings (SSSR count). The number of carbonyl (C=O) groups is 1. The maximum Gasteiger partial charge on any atom is 0.438 e. The number of esters is 1. The van der Waals surface area contributed by atoms with Crippen molar-refractivity contribution in [3.63, 3.8) is 0 Å². The van der Waals surface area contributed by atoms with Crippen molar-refractivity contribution in [2.45, 2.75) is 56.5 Å². The highest BCUT2D eigenvalue weighted by Gasteiger charge is 2.76. The smallest absolute Gasteiger partial charge is 0.438 e. The van der Waals surface area contributed by atoms with Gasteiger partial charge in [0.15, 0.2) is 0 Å². The Morgan fingerprint density at radius 2 is 1.32 bits per heavy atom. The Balaban J connectivity index is 1.81. The van der Waals surface area contributed by atoms with E-state index in [1.54, 1.807) is 0 Å². The summed E-state index contributed by atoms with van der Waals surface area (Å²) in [6.45, 7) is 0. The number of rotatable bonds is 5. The number of carbonyl (C=O) groups excluding carboxylic acids is 1. The minimum Gasteiger partial charge on any atom is -0.438 e. The highest BCUT2D eigenvalue weighted by molar-refractivity contribution is 7.85. The summed E-state index contributed by atoms with van der Waals surface area (Å²) in [5.74, 6) is -3.88. The van der Waals surface area contributed by atoms with Crippen molar-refractivity contribution in [2.24, 2.45) is 29.6 Å². The lowest BCUT2D eigenvalue weighted by Gasteiger charge is -2.54. The molecular weight excluding hydrogens is 418 g/mol. The van der Waals surface area contributed by atoms with Gasteiger partial charge in [-0.05, 0) is 61.7 Å². The molecule has 0 saturated heterocycles. The fourth-order valence-corrected chi connectivity index (χ4v) is 6.43. The van der Waals surface area contributed by atoms with E-state index in [4.69, 9.17) is 4.55 Å². The van der Waals surface area contributed by atoms with Crippen LogP contribution >= 0.6 is 0 Å². The standard InChI is InChI=1S/C16H20F6O5S/c17-15(18,19)14(16(20,21)22,7-28(24,25)26)27-13(23)6-12-10-2-8-1-9(4-10)5-11(12)3-8/h8-12H,1-7H2,(H,24,25,26). The lowest BCUT2D eigenvalue weighted by molar-refractivity contribution is -0.361. The van der Waals surface area contributed by atoms with Crippen molar-refractivity contribution >= 4 is 16.1 Å². The molecule has 0 aromatic heterocycles. The second-order valence-electron chi connectivity index (χ2n) is 8.32. The van der Waals surface area contributed by atoms with Gasteiger partial charge >= 0.3 is 23.9 Å². The van der Waals surface area contributed by atoms with Gasteiger partial charge in [-0.3, -0.25) is 9.35 Å². The molecule has 162 valence electrons. The molecule has 0 aromatic rings. The minimum absolute atomic E-state index is 0.0524. The van der Waals surface area contributed by atoms with Crippen molar-refractivity contribution in [1.82, 2.24) is 0 Å². The first-order chi connectivity index (χ1) is 12.6. The van der Waals surface area contributed by atoms with Crippen LogP contribution in [0.1, 0.15) is 38.5 Å². The van der Waals surface area contributed by atoms with Crippen LogP contribution in [0.3, 0.4) is 0 Å². The van der Waals surface area contributed by atoms with E-state index in [1.807, 2.05) is 0 Å². The van der Waals surface area contributed by atoms with Crippen LogP contribution in [0.25, 0.3) is 0 Å². The van der Waals surface area contributed by atoms with Crippen LogP contribution in [0.2, 0.25) is 0 Å². The van der Waals surface area contributed by atoms with E-state index in [0.717, 1.165) is 32.1 Å². The molecule has 0 atom stereocenters. The van der Waals surface area contributed by atoms with Gasteiger partial charge < -0.3 is 4.74 Å². The zero-order valence-corrected chi connectivity index (χ0v) is 15.4. The highest BCUT2D eigenvalue weighted by Crippen LogP contribution is 2.57. The molecule has 4 bridgehead atoms. The lowest BCUT2D eigenvalue weighted by Crippen LogP contribution is -2.63. The van der Waals surface area contributed by atoms with Gasteiger partial charge in [0, 0.05) is 6.42 Å². The molecule has 1 N–H and O–H groups in total. The van der Waals surface area contributed by atoms with Crippen molar-refractivity contribution < 1.29 is 48.8 Å². The van der Waals surface area contributed by atoms with Crippen LogP contribution in [0.4, 0.5) is 26.3 Å². The van der Waals surface area contributed by atoms with Crippen LogP contribution in [0.5, 0.6) is 0 Å². The Morgan fingerprint density at radius 1 is 0.893 bits per heavy atom. The van der Waals surface area contributed by atoms with Gasteiger partial charge in [0.2, 0.25) is 0 Å². The third-order valence-electron chi connectivity index (χ3n) is 6.41. The normalized spacial score (nSPS) is 33.2. The van der Waals surface area contributed by atoms with Gasteiger partial charge in [-0.2, -0.15) is 34.8 Å². The predicted octanol–water partition coefficient (Wildman–Crippen LogP) is 3.74. The van der Waals surface area contributed by atoms with Crippen LogP contribution in [0.15, 0.2) is 0 Å². The monoisotopic (exact) mass is 438 g/mol. The maximum absolute atomic E-state index is 13.3. The van der Waals surface area contributed by atoms with Crippen molar-refractivity contribution in [1.29, 1.82) is 0 Å². The van der Waals surface area contributed by atoms with E-state index >= 15 is 0 Å². The van der Waals surface area contributed by atoms with E-state index in [-0.39, 0.29) is 17.8 Å². The van der Waals surface area contributed by atoms with Gasteiger partial charge in [-0.15, -0.1) is 0 Å². The third-order valence-corrected chi connectivity index (χ3v) is 7.19. The molecule has 12 heteroatoms. The quantitative estimate of drug-likeness (QED) is 0.402. The first kappa shape index (κ1) is 21.7. The van der Waals surface area contributed by atoms with E-state index in [0.29, 0.717) is 11.8 Å². The summed E-state index contributed by atoms with van der Waals surface area (Å²) in [6, 6.07) is 0. The second-order valence-corrected chi connectivity index (χ2v) is 9.77. The first-order valence-electron chi connectivity index (χ1n) is 8.92. The molecule has 0 heterocycles. The van der Waals surface area contributed by atoms with Crippen LogP contribution in [-0.4, -0.2) is 42.6 Å². The number of hydrogen-bond donors (Lipinski definition) is 1. The Bertz CT molecular complexity index is 687. The van der Waals surface area contributed by atoms with Gasteiger partial charge in [-0.25, -0.2) is 0 Å². The molecule has 0 aliphatic heterocycles. The summed E-state index contributed by atoms with van der Waals surface area (Å²) < 4.78 is 114. The van der Waals surface area contributed by atoms with Crippen LogP contribution in [0, 0.1) is 29.6 Å². The first-order valence-corrected chi connectivity index (χ1v) is 10.5. The molecule has 0 amide bonds. The molecule has 0 unspecified atom stereocenters. The average molecular weight is 438 g/mol. The Morgan fingerprint density at radius 3 is 1.68 bits per heavy atom. The number of ether oxygens (including phenoxy) is 1. The zero-order chi connectivity index (χ0) is 21.1. The second kappa shape index (κ2) is 6.75. The number of hydrogen-bond acceptors (Lipinski definition) is 4. The number of alkyl halides is 6. The topological polar surface area (TPSA) is 80.7 Å². The van der Waals surface area contributed by atoms with Crippen LogP contribution in [-0.2, 0) is 19.6 Å². The summed E-state index contributed by atoms with van der Waals surface area (Å²) in [4.78, 5) is 12.1. The molecule has 5 nitrogen and oxygen atoms in total. The average Bonchev–Trinajstić information content (AvgIpc) is 2.45. The van der Waals surface area contributed by atoms with E-state index < -0.39 is 46.2 Å². The molecule has 28 heavy (non-hydrogen) atoms. The van der Waals surface area contributed by atoms with Crippen molar-refractivity contribution in [3.05, 3.63) is 0 Å². The molecule has 0 radical (unpaired) electrons. The molecule has 4 aliphatic rings. The summed E-state index contributed by atoms with van der Waals surface area (Å²) in [5, 5.41) is 0. The lowest BCUT2D eigenvalue weighted by atomic mass is 9.51. The molecule has 0 spiro atoms. The molecular formula is C16H20F6O5S. The zero-order valence-electron chi connectivity index (χ0n) is 14.6. The molecule has 4 saturated carbocycles. The molecule has 4 fully saturated rings. The summed E-state index contributed by atoms with van der Waals surface area (Å²) >= 11 is 0.